The van der Waals surface area contributed by atoms with Crippen LogP contribution in [-0.2, 0) is 19.5 Å². The van der Waals surface area contributed by atoms with E-state index in [9.17, 15) is 18.0 Å². The van der Waals surface area contributed by atoms with Crippen molar-refractivity contribution in [3.8, 4) is 0 Å². The van der Waals surface area contributed by atoms with Crippen LogP contribution in [0.25, 0.3) is 0 Å². The zero-order valence-corrected chi connectivity index (χ0v) is 13.8. The van der Waals surface area contributed by atoms with Crippen LogP contribution in [0.1, 0.15) is 25.7 Å². The molecule has 0 radical (unpaired) electrons. The fraction of sp³-hybridized carbons (Fsp3) is 0.846. The van der Waals surface area contributed by atoms with Crippen molar-refractivity contribution in [1.82, 2.24) is 20.6 Å². The Balaban J connectivity index is 1.36. The summed E-state index contributed by atoms with van der Waals surface area (Å²) in [6, 6.07) is -1.10. The van der Waals surface area contributed by atoms with E-state index in [1.165, 1.54) is 4.90 Å². The molecule has 0 unspecified atom stereocenters. The molecule has 134 valence electrons. The molecular weight excluding hydrogens is 340 g/mol. The second-order valence-electron chi connectivity index (χ2n) is 7.23. The number of piperidine rings is 1. The van der Waals surface area contributed by atoms with Crippen LogP contribution in [-0.4, -0.2) is 66.7 Å². The summed E-state index contributed by atoms with van der Waals surface area (Å²) in [7, 11) is -4.75. The average molecular weight is 360 g/mol. The smallest absolute Gasteiger partial charge is 0.336 e. The van der Waals surface area contributed by atoms with Crippen LogP contribution in [0.15, 0.2) is 0 Å². The SMILES string of the molecule is O=C(N[C@@H]1CC[C@@H]2CN1C(=O)N2OS(=O)(=O)O)C1CC2(CNC2)C1. The second kappa shape index (κ2) is 5.28. The lowest BCUT2D eigenvalue weighted by atomic mass is 9.58. The minimum atomic E-state index is -4.75. The summed E-state index contributed by atoms with van der Waals surface area (Å²) >= 11 is 0. The van der Waals surface area contributed by atoms with Crippen molar-refractivity contribution < 1.29 is 26.8 Å². The van der Waals surface area contributed by atoms with Gasteiger partial charge in [0.05, 0.1) is 6.04 Å². The van der Waals surface area contributed by atoms with Crippen molar-refractivity contribution >= 4 is 22.3 Å². The maximum Gasteiger partial charge on any atom is 0.418 e. The van der Waals surface area contributed by atoms with Crippen LogP contribution < -0.4 is 10.6 Å². The topological polar surface area (TPSA) is 128 Å². The van der Waals surface area contributed by atoms with Crippen molar-refractivity contribution in [3.05, 3.63) is 0 Å². The number of rotatable bonds is 4. The van der Waals surface area contributed by atoms with Crippen molar-refractivity contribution in [2.45, 2.75) is 37.9 Å². The van der Waals surface area contributed by atoms with E-state index in [-0.39, 0.29) is 18.4 Å². The Labute approximate surface area is 139 Å². The molecule has 1 aliphatic carbocycles. The maximum atomic E-state index is 12.4. The molecule has 2 atom stereocenters. The first kappa shape index (κ1) is 16.1. The zero-order valence-electron chi connectivity index (χ0n) is 13.0. The highest BCUT2D eigenvalue weighted by atomic mass is 32.3. The molecule has 3 heterocycles. The lowest BCUT2D eigenvalue weighted by molar-refractivity contribution is -0.136. The minimum Gasteiger partial charge on any atom is -0.336 e. The predicted molar refractivity (Wildman–Crippen MR) is 79.6 cm³/mol. The van der Waals surface area contributed by atoms with Gasteiger partial charge in [0.1, 0.15) is 6.17 Å². The first-order valence-corrected chi connectivity index (χ1v) is 9.41. The summed E-state index contributed by atoms with van der Waals surface area (Å²) in [5, 5.41) is 6.80. The summed E-state index contributed by atoms with van der Waals surface area (Å²) in [4.78, 5) is 26.0. The number of amides is 3. The van der Waals surface area contributed by atoms with E-state index in [2.05, 4.69) is 14.9 Å². The quantitative estimate of drug-likeness (QED) is 0.552. The lowest BCUT2D eigenvalue weighted by Gasteiger charge is -2.54. The molecule has 3 N–H and O–H groups in total. The molecule has 3 aliphatic heterocycles. The minimum absolute atomic E-state index is 0.0206. The predicted octanol–water partition coefficient (Wildman–Crippen LogP) is -0.937. The van der Waals surface area contributed by atoms with E-state index >= 15 is 0 Å². The van der Waals surface area contributed by atoms with Gasteiger partial charge in [0.25, 0.3) is 0 Å². The fourth-order valence-corrected chi connectivity index (χ4v) is 4.59. The largest absolute Gasteiger partial charge is 0.418 e. The van der Waals surface area contributed by atoms with E-state index in [0.29, 0.717) is 23.3 Å². The Hall–Kier alpha value is -1.43. The molecule has 11 heteroatoms. The molecule has 4 fully saturated rings. The van der Waals surface area contributed by atoms with Crippen LogP contribution in [0.5, 0.6) is 0 Å². The molecule has 1 saturated carbocycles. The first-order chi connectivity index (χ1) is 11.3. The van der Waals surface area contributed by atoms with Gasteiger partial charge in [-0.25, -0.2) is 4.79 Å². The molecule has 0 aromatic carbocycles. The molecule has 3 amide bonds. The molecule has 0 aromatic heterocycles. The zero-order chi connectivity index (χ0) is 17.1. The molecule has 2 bridgehead atoms. The molecule has 24 heavy (non-hydrogen) atoms. The summed E-state index contributed by atoms with van der Waals surface area (Å²) < 4.78 is 34.9. The van der Waals surface area contributed by atoms with Gasteiger partial charge in [0.2, 0.25) is 5.91 Å². The summed E-state index contributed by atoms with van der Waals surface area (Å²) in [5.41, 5.74) is 0.295. The van der Waals surface area contributed by atoms with E-state index in [4.69, 9.17) is 4.55 Å². The van der Waals surface area contributed by atoms with Crippen LogP contribution in [0.3, 0.4) is 0 Å². The molecule has 4 aliphatic rings. The monoisotopic (exact) mass is 360 g/mol. The number of nitrogens with zero attached hydrogens (tertiary/aromatic N) is 2. The molecule has 3 saturated heterocycles. The van der Waals surface area contributed by atoms with Gasteiger partial charge in [-0.3, -0.25) is 9.35 Å². The Morgan fingerprint density at radius 3 is 2.62 bits per heavy atom. The van der Waals surface area contributed by atoms with Crippen LogP contribution in [0.4, 0.5) is 4.79 Å². The summed E-state index contributed by atoms with van der Waals surface area (Å²) in [5.74, 6) is -0.0781. The highest BCUT2D eigenvalue weighted by Gasteiger charge is 2.52. The van der Waals surface area contributed by atoms with Gasteiger partial charge in [-0.1, -0.05) is 0 Å². The van der Waals surface area contributed by atoms with Gasteiger partial charge in [-0.15, -0.1) is 4.28 Å². The highest BCUT2D eigenvalue weighted by Crippen LogP contribution is 2.48. The van der Waals surface area contributed by atoms with Crippen molar-refractivity contribution in [2.24, 2.45) is 11.3 Å². The summed E-state index contributed by atoms with van der Waals surface area (Å²) in [6.45, 7) is 2.20. The Kier molecular flexibility index (Phi) is 3.53. The third-order valence-electron chi connectivity index (χ3n) is 5.54. The number of nitrogens with one attached hydrogen (secondary N) is 2. The number of fused-ring (bicyclic) bond motifs is 2. The van der Waals surface area contributed by atoms with Gasteiger partial charge in [0.15, 0.2) is 0 Å². The van der Waals surface area contributed by atoms with Gasteiger partial charge in [-0.05, 0) is 31.1 Å². The summed E-state index contributed by atoms with van der Waals surface area (Å²) in [6.07, 6.45) is 2.28. The van der Waals surface area contributed by atoms with Crippen LogP contribution in [0, 0.1) is 11.3 Å². The van der Waals surface area contributed by atoms with Crippen LogP contribution in [0.2, 0.25) is 0 Å². The Morgan fingerprint density at radius 1 is 1.33 bits per heavy atom. The standard InChI is InChI=1S/C13H20N4O6S/c18-11(8-3-13(4-8)6-14-7-13)15-10-2-1-9-5-16(10)12(19)17(9)23-24(20,21)22/h8-10,14H,1-7H2,(H,15,18)(H,20,21,22)/t9-,10+/m1/s1. The first-order valence-electron chi connectivity index (χ1n) is 8.04. The molecule has 1 spiro atoms. The number of carbonyl (C=O) groups is 2. The van der Waals surface area contributed by atoms with E-state index in [1.807, 2.05) is 0 Å². The average Bonchev–Trinajstić information content (AvgIpc) is 2.63. The van der Waals surface area contributed by atoms with Gasteiger partial charge in [-0.2, -0.15) is 13.5 Å². The highest BCUT2D eigenvalue weighted by molar-refractivity contribution is 7.80. The van der Waals surface area contributed by atoms with Gasteiger partial charge >= 0.3 is 16.4 Å². The van der Waals surface area contributed by atoms with Crippen LogP contribution >= 0.6 is 0 Å². The molecule has 0 aromatic rings. The normalized spacial score (nSPS) is 31.8. The van der Waals surface area contributed by atoms with E-state index in [1.54, 1.807) is 0 Å². The number of hydrogen-bond acceptors (Lipinski definition) is 6. The number of hydroxylamine groups is 2. The lowest BCUT2D eigenvalue weighted by Crippen LogP contribution is -2.63. The Bertz CT molecular complexity index is 670. The van der Waals surface area contributed by atoms with Gasteiger partial charge in [0, 0.05) is 25.6 Å². The number of hydrogen-bond donors (Lipinski definition) is 3. The third-order valence-corrected chi connectivity index (χ3v) is 5.88. The van der Waals surface area contributed by atoms with E-state index < -0.39 is 28.6 Å². The number of urea groups is 1. The second-order valence-corrected chi connectivity index (χ2v) is 8.23. The fourth-order valence-electron chi connectivity index (χ4n) is 4.20. The Morgan fingerprint density at radius 2 is 2.04 bits per heavy atom. The maximum absolute atomic E-state index is 12.4. The van der Waals surface area contributed by atoms with Crippen molar-refractivity contribution in [1.29, 1.82) is 0 Å². The molecular formula is C13H20N4O6S. The van der Waals surface area contributed by atoms with Gasteiger partial charge < -0.3 is 15.5 Å². The van der Waals surface area contributed by atoms with Crippen molar-refractivity contribution in [3.63, 3.8) is 0 Å². The van der Waals surface area contributed by atoms with E-state index in [0.717, 1.165) is 25.9 Å². The van der Waals surface area contributed by atoms with Crippen molar-refractivity contribution in [2.75, 3.05) is 19.6 Å². The third kappa shape index (κ3) is 2.65. The molecule has 4 rings (SSSR count). The molecule has 10 nitrogen and oxygen atoms in total. The number of carbonyl (C=O) groups excluding carboxylic acids is 2.